The molecule has 0 aromatic heterocycles. The molecule has 1 saturated heterocycles. The molecule has 2 N–H and O–H groups in total. The lowest BCUT2D eigenvalue weighted by molar-refractivity contribution is 0.0255. The van der Waals surface area contributed by atoms with Gasteiger partial charge in [-0.25, -0.2) is 4.79 Å². The Morgan fingerprint density at radius 2 is 1.76 bits per heavy atom. The molecule has 0 atom stereocenters. The van der Waals surface area contributed by atoms with E-state index in [1.165, 1.54) is 12.1 Å². The Kier molecular flexibility index (Phi) is 5.30. The first-order valence-electron chi connectivity index (χ1n) is 8.09. The standard InChI is InChI=1S/C19H19NO5/c20-18(21)16-7-6-15(24-14-8-10-23-11-9-14)12-17(16)25-19(22)13-4-2-1-3-5-13/h1-7,12,14H,8-11H2,(H2,20,21). The molecule has 1 fully saturated rings. The highest BCUT2D eigenvalue weighted by molar-refractivity contribution is 5.98. The second-order valence-corrected chi connectivity index (χ2v) is 5.71. The zero-order valence-electron chi connectivity index (χ0n) is 13.6. The maximum atomic E-state index is 12.3. The van der Waals surface area contributed by atoms with Gasteiger partial charge in [0, 0.05) is 18.9 Å². The second kappa shape index (κ2) is 7.81. The van der Waals surface area contributed by atoms with E-state index in [1.54, 1.807) is 36.4 Å². The van der Waals surface area contributed by atoms with Crippen molar-refractivity contribution >= 4 is 11.9 Å². The number of primary amides is 1. The molecule has 0 saturated carbocycles. The van der Waals surface area contributed by atoms with Crippen LogP contribution in [0.25, 0.3) is 0 Å². The summed E-state index contributed by atoms with van der Waals surface area (Å²) < 4.78 is 16.6. The van der Waals surface area contributed by atoms with Gasteiger partial charge in [-0.05, 0) is 24.3 Å². The topological polar surface area (TPSA) is 87.9 Å². The summed E-state index contributed by atoms with van der Waals surface area (Å²) in [5.74, 6) is -0.626. The molecule has 3 rings (SSSR count). The summed E-state index contributed by atoms with van der Waals surface area (Å²) in [6.07, 6.45) is 1.61. The number of rotatable bonds is 5. The third kappa shape index (κ3) is 4.36. The molecular weight excluding hydrogens is 322 g/mol. The van der Waals surface area contributed by atoms with Crippen molar-refractivity contribution in [2.24, 2.45) is 5.73 Å². The highest BCUT2D eigenvalue weighted by Gasteiger charge is 2.19. The fourth-order valence-electron chi connectivity index (χ4n) is 2.58. The molecule has 0 aliphatic carbocycles. The molecule has 0 spiro atoms. The Bertz CT molecular complexity index is 754. The number of carbonyl (C=O) groups excluding carboxylic acids is 2. The van der Waals surface area contributed by atoms with Crippen molar-refractivity contribution in [2.75, 3.05) is 13.2 Å². The zero-order chi connectivity index (χ0) is 17.6. The van der Waals surface area contributed by atoms with E-state index >= 15 is 0 Å². The minimum atomic E-state index is -0.673. The van der Waals surface area contributed by atoms with Crippen LogP contribution in [0.4, 0.5) is 0 Å². The number of ether oxygens (including phenoxy) is 3. The van der Waals surface area contributed by atoms with Crippen LogP contribution >= 0.6 is 0 Å². The van der Waals surface area contributed by atoms with E-state index < -0.39 is 11.9 Å². The van der Waals surface area contributed by atoms with E-state index in [-0.39, 0.29) is 17.4 Å². The van der Waals surface area contributed by atoms with E-state index in [9.17, 15) is 9.59 Å². The molecular formula is C19H19NO5. The maximum Gasteiger partial charge on any atom is 0.343 e. The Labute approximate surface area is 145 Å². The van der Waals surface area contributed by atoms with Crippen molar-refractivity contribution in [3.63, 3.8) is 0 Å². The average Bonchev–Trinajstić information content (AvgIpc) is 2.63. The molecule has 0 bridgehead atoms. The van der Waals surface area contributed by atoms with E-state index in [1.807, 2.05) is 0 Å². The van der Waals surface area contributed by atoms with Crippen molar-refractivity contribution in [3.8, 4) is 11.5 Å². The lowest BCUT2D eigenvalue weighted by Crippen LogP contribution is -2.26. The molecule has 1 amide bonds. The highest BCUT2D eigenvalue weighted by atomic mass is 16.5. The van der Waals surface area contributed by atoms with Crippen LogP contribution in [0.3, 0.4) is 0 Å². The fraction of sp³-hybridized carbons (Fsp3) is 0.263. The van der Waals surface area contributed by atoms with Gasteiger partial charge in [-0.2, -0.15) is 0 Å². The molecule has 25 heavy (non-hydrogen) atoms. The van der Waals surface area contributed by atoms with Crippen molar-refractivity contribution in [3.05, 3.63) is 59.7 Å². The van der Waals surface area contributed by atoms with Crippen LogP contribution in [0.1, 0.15) is 33.6 Å². The first kappa shape index (κ1) is 17.0. The van der Waals surface area contributed by atoms with E-state index in [2.05, 4.69) is 0 Å². The van der Waals surface area contributed by atoms with Gasteiger partial charge in [0.1, 0.15) is 17.6 Å². The van der Waals surface area contributed by atoms with Gasteiger partial charge in [0.25, 0.3) is 5.91 Å². The number of benzene rings is 2. The summed E-state index contributed by atoms with van der Waals surface area (Å²) in [6, 6.07) is 13.2. The minimum Gasteiger partial charge on any atom is -0.490 e. The van der Waals surface area contributed by atoms with Gasteiger partial charge in [-0.15, -0.1) is 0 Å². The number of esters is 1. The van der Waals surface area contributed by atoms with Crippen LogP contribution < -0.4 is 15.2 Å². The monoisotopic (exact) mass is 341 g/mol. The smallest absolute Gasteiger partial charge is 0.343 e. The zero-order valence-corrected chi connectivity index (χ0v) is 13.6. The third-order valence-corrected chi connectivity index (χ3v) is 3.90. The normalized spacial score (nSPS) is 14.7. The van der Waals surface area contributed by atoms with E-state index in [4.69, 9.17) is 19.9 Å². The van der Waals surface area contributed by atoms with Crippen molar-refractivity contribution in [1.29, 1.82) is 0 Å². The highest BCUT2D eigenvalue weighted by Crippen LogP contribution is 2.27. The number of amides is 1. The predicted molar refractivity (Wildman–Crippen MR) is 90.8 cm³/mol. The SMILES string of the molecule is NC(=O)c1ccc(OC2CCOCC2)cc1OC(=O)c1ccccc1. The van der Waals surface area contributed by atoms with Gasteiger partial charge in [0.2, 0.25) is 0 Å². The van der Waals surface area contributed by atoms with Gasteiger partial charge in [0.05, 0.1) is 24.3 Å². The van der Waals surface area contributed by atoms with Crippen LogP contribution in [0.5, 0.6) is 11.5 Å². The molecule has 6 nitrogen and oxygen atoms in total. The number of hydrogen-bond acceptors (Lipinski definition) is 5. The quantitative estimate of drug-likeness (QED) is 0.667. The number of nitrogens with two attached hydrogens (primary N) is 1. The molecule has 130 valence electrons. The summed E-state index contributed by atoms with van der Waals surface area (Å²) in [6.45, 7) is 1.31. The van der Waals surface area contributed by atoms with Gasteiger partial charge < -0.3 is 19.9 Å². The summed E-state index contributed by atoms with van der Waals surface area (Å²) in [5, 5.41) is 0. The average molecular weight is 341 g/mol. The molecule has 2 aromatic carbocycles. The predicted octanol–water partition coefficient (Wildman–Crippen LogP) is 2.56. The van der Waals surface area contributed by atoms with Gasteiger partial charge >= 0.3 is 5.97 Å². The van der Waals surface area contributed by atoms with Crippen LogP contribution in [0.2, 0.25) is 0 Å². The first-order chi connectivity index (χ1) is 12.1. The maximum absolute atomic E-state index is 12.3. The Balaban J connectivity index is 1.80. The lowest BCUT2D eigenvalue weighted by Gasteiger charge is -2.23. The Morgan fingerprint density at radius 3 is 2.44 bits per heavy atom. The van der Waals surface area contributed by atoms with Gasteiger partial charge in [-0.3, -0.25) is 4.79 Å². The first-order valence-corrected chi connectivity index (χ1v) is 8.09. The van der Waals surface area contributed by atoms with Gasteiger partial charge in [-0.1, -0.05) is 18.2 Å². The van der Waals surface area contributed by atoms with Crippen molar-refractivity contribution in [2.45, 2.75) is 18.9 Å². The Morgan fingerprint density at radius 1 is 1.04 bits per heavy atom. The summed E-state index contributed by atoms with van der Waals surface area (Å²) in [7, 11) is 0. The molecule has 1 aliphatic heterocycles. The largest absolute Gasteiger partial charge is 0.490 e. The van der Waals surface area contributed by atoms with Crippen LogP contribution in [-0.2, 0) is 4.74 Å². The van der Waals surface area contributed by atoms with Crippen molar-refractivity contribution < 1.29 is 23.8 Å². The van der Waals surface area contributed by atoms with E-state index in [0.717, 1.165) is 12.8 Å². The Hall–Kier alpha value is -2.86. The van der Waals surface area contributed by atoms with Crippen LogP contribution in [-0.4, -0.2) is 31.2 Å². The molecule has 0 radical (unpaired) electrons. The van der Waals surface area contributed by atoms with Crippen molar-refractivity contribution in [1.82, 2.24) is 0 Å². The third-order valence-electron chi connectivity index (χ3n) is 3.90. The summed E-state index contributed by atoms with van der Waals surface area (Å²) in [4.78, 5) is 23.9. The molecule has 6 heteroatoms. The summed E-state index contributed by atoms with van der Waals surface area (Å²) in [5.41, 5.74) is 5.89. The lowest BCUT2D eigenvalue weighted by atomic mass is 10.1. The number of carbonyl (C=O) groups is 2. The molecule has 1 heterocycles. The van der Waals surface area contributed by atoms with Gasteiger partial charge in [0.15, 0.2) is 0 Å². The molecule has 0 unspecified atom stereocenters. The van der Waals surface area contributed by atoms with E-state index in [0.29, 0.717) is 24.5 Å². The van der Waals surface area contributed by atoms with Crippen LogP contribution in [0.15, 0.2) is 48.5 Å². The molecule has 1 aliphatic rings. The number of hydrogen-bond donors (Lipinski definition) is 1. The van der Waals surface area contributed by atoms with Crippen LogP contribution in [0, 0.1) is 0 Å². The summed E-state index contributed by atoms with van der Waals surface area (Å²) >= 11 is 0. The minimum absolute atomic E-state index is 0.0332. The fourth-order valence-corrected chi connectivity index (χ4v) is 2.58. The molecule has 2 aromatic rings. The second-order valence-electron chi connectivity index (χ2n) is 5.71.